The molecule has 7 nitrogen and oxygen atoms in total. The van der Waals surface area contributed by atoms with Gasteiger partial charge in [0.05, 0.1) is 10.6 Å². The highest BCUT2D eigenvalue weighted by Gasteiger charge is 2.16. The zero-order valence-electron chi connectivity index (χ0n) is 16.1. The van der Waals surface area contributed by atoms with Crippen molar-refractivity contribution in [2.24, 2.45) is 7.05 Å². The number of nitrogens with one attached hydrogen (secondary N) is 2. The molecule has 0 bridgehead atoms. The molecule has 28 heavy (non-hydrogen) atoms. The van der Waals surface area contributed by atoms with Gasteiger partial charge in [-0.2, -0.15) is 5.10 Å². The maximum absolute atomic E-state index is 12.6. The Morgan fingerprint density at radius 2 is 1.64 bits per heavy atom. The summed E-state index contributed by atoms with van der Waals surface area (Å²) >= 11 is 0. The number of aromatic nitrogens is 2. The second-order valence-electron chi connectivity index (χ2n) is 6.68. The summed E-state index contributed by atoms with van der Waals surface area (Å²) in [6.07, 6.45) is 0. The Labute approximate surface area is 164 Å². The quantitative estimate of drug-likeness (QED) is 0.689. The van der Waals surface area contributed by atoms with E-state index in [1.165, 1.54) is 24.3 Å². The number of carbonyl (C=O) groups excluding carboxylic acids is 1. The molecule has 2 aromatic carbocycles. The first-order valence-electron chi connectivity index (χ1n) is 8.68. The highest BCUT2D eigenvalue weighted by molar-refractivity contribution is 7.92. The topological polar surface area (TPSA) is 93.1 Å². The van der Waals surface area contributed by atoms with E-state index in [0.717, 1.165) is 16.8 Å². The monoisotopic (exact) mass is 398 g/mol. The van der Waals surface area contributed by atoms with E-state index in [-0.39, 0.29) is 10.8 Å². The van der Waals surface area contributed by atoms with Gasteiger partial charge in [-0.05, 0) is 68.3 Å². The minimum Gasteiger partial charge on any atom is -0.307 e. The predicted molar refractivity (Wildman–Crippen MR) is 109 cm³/mol. The van der Waals surface area contributed by atoms with Crippen molar-refractivity contribution >= 4 is 27.4 Å². The van der Waals surface area contributed by atoms with E-state index in [0.29, 0.717) is 17.1 Å². The predicted octanol–water partition coefficient (Wildman–Crippen LogP) is 3.40. The largest absolute Gasteiger partial charge is 0.307 e. The lowest BCUT2D eigenvalue weighted by atomic mass is 10.1. The highest BCUT2D eigenvalue weighted by Crippen LogP contribution is 2.20. The molecule has 146 valence electrons. The molecule has 0 atom stereocenters. The summed E-state index contributed by atoms with van der Waals surface area (Å²) in [4.78, 5) is 12.5. The fourth-order valence-electron chi connectivity index (χ4n) is 2.72. The summed E-state index contributed by atoms with van der Waals surface area (Å²) in [7, 11) is -2.01. The molecular formula is C20H22N4O3S. The number of anilines is 2. The second-order valence-corrected chi connectivity index (χ2v) is 8.36. The third kappa shape index (κ3) is 4.23. The molecule has 0 aliphatic carbocycles. The smallest absolute Gasteiger partial charge is 0.261 e. The maximum Gasteiger partial charge on any atom is 0.261 e. The van der Waals surface area contributed by atoms with Gasteiger partial charge in [0.15, 0.2) is 0 Å². The number of sulfonamides is 1. The van der Waals surface area contributed by atoms with Gasteiger partial charge in [0.2, 0.25) is 0 Å². The Hall–Kier alpha value is -3.13. The number of carbonyl (C=O) groups is 1. The Morgan fingerprint density at radius 3 is 2.21 bits per heavy atom. The van der Waals surface area contributed by atoms with E-state index in [9.17, 15) is 13.2 Å². The first-order chi connectivity index (χ1) is 13.2. The Bertz CT molecular complexity index is 1130. The van der Waals surface area contributed by atoms with E-state index in [1.807, 2.05) is 26.8 Å². The van der Waals surface area contributed by atoms with Crippen LogP contribution in [0.15, 0.2) is 53.4 Å². The Balaban J connectivity index is 1.76. The number of rotatable bonds is 5. The zero-order valence-corrected chi connectivity index (χ0v) is 17.0. The van der Waals surface area contributed by atoms with E-state index in [4.69, 9.17) is 0 Å². The van der Waals surface area contributed by atoms with Gasteiger partial charge < -0.3 is 5.32 Å². The van der Waals surface area contributed by atoms with Crippen LogP contribution in [0.3, 0.4) is 0 Å². The first kappa shape index (κ1) is 19.6. The van der Waals surface area contributed by atoms with Gasteiger partial charge in [-0.15, -0.1) is 0 Å². The maximum atomic E-state index is 12.6. The van der Waals surface area contributed by atoms with Crippen LogP contribution in [0.4, 0.5) is 11.5 Å². The molecule has 1 heterocycles. The van der Waals surface area contributed by atoms with E-state index < -0.39 is 10.0 Å². The molecule has 0 saturated carbocycles. The van der Waals surface area contributed by atoms with Gasteiger partial charge in [0, 0.05) is 24.4 Å². The normalized spacial score (nSPS) is 11.3. The minimum absolute atomic E-state index is 0.0821. The molecule has 3 aromatic rings. The van der Waals surface area contributed by atoms with Crippen LogP contribution in [0.5, 0.6) is 0 Å². The first-order valence-corrected chi connectivity index (χ1v) is 10.2. The number of aryl methyl sites for hydroxylation is 4. The Morgan fingerprint density at radius 1 is 0.964 bits per heavy atom. The van der Waals surface area contributed by atoms with Gasteiger partial charge in [0.1, 0.15) is 5.82 Å². The van der Waals surface area contributed by atoms with Crippen molar-refractivity contribution < 1.29 is 13.2 Å². The van der Waals surface area contributed by atoms with Gasteiger partial charge in [0.25, 0.3) is 15.9 Å². The van der Waals surface area contributed by atoms with Crippen LogP contribution in [0.1, 0.15) is 27.2 Å². The molecule has 8 heteroatoms. The van der Waals surface area contributed by atoms with Crippen LogP contribution >= 0.6 is 0 Å². The molecule has 0 saturated heterocycles. The molecule has 0 aliphatic heterocycles. The second kappa shape index (κ2) is 7.47. The number of nitrogens with zero attached hydrogens (tertiary/aromatic N) is 2. The van der Waals surface area contributed by atoms with E-state index in [1.54, 1.807) is 29.9 Å². The van der Waals surface area contributed by atoms with Crippen LogP contribution in [-0.2, 0) is 17.1 Å². The van der Waals surface area contributed by atoms with Gasteiger partial charge in [-0.25, -0.2) is 8.42 Å². The number of hydrogen-bond acceptors (Lipinski definition) is 4. The van der Waals surface area contributed by atoms with Crippen LogP contribution in [-0.4, -0.2) is 24.1 Å². The number of hydrogen-bond donors (Lipinski definition) is 2. The molecule has 3 rings (SSSR count). The summed E-state index contributed by atoms with van der Waals surface area (Å²) in [6, 6.07) is 12.9. The lowest BCUT2D eigenvalue weighted by Gasteiger charge is -2.10. The summed E-state index contributed by atoms with van der Waals surface area (Å²) in [5.41, 5.74) is 3.72. The van der Waals surface area contributed by atoms with Crippen molar-refractivity contribution in [2.45, 2.75) is 25.7 Å². The van der Waals surface area contributed by atoms with Crippen LogP contribution in [0.25, 0.3) is 0 Å². The van der Waals surface area contributed by atoms with Crippen molar-refractivity contribution in [3.05, 3.63) is 70.9 Å². The van der Waals surface area contributed by atoms with Gasteiger partial charge in [-0.1, -0.05) is 6.07 Å². The highest BCUT2D eigenvalue weighted by atomic mass is 32.2. The van der Waals surface area contributed by atoms with Crippen LogP contribution in [0.2, 0.25) is 0 Å². The van der Waals surface area contributed by atoms with Crippen molar-refractivity contribution in [2.75, 3.05) is 10.0 Å². The fraction of sp³-hybridized carbons (Fsp3) is 0.200. The van der Waals surface area contributed by atoms with E-state index in [2.05, 4.69) is 15.1 Å². The van der Waals surface area contributed by atoms with Crippen molar-refractivity contribution in [3.8, 4) is 0 Å². The molecular weight excluding hydrogens is 376 g/mol. The average Bonchev–Trinajstić information content (AvgIpc) is 2.95. The van der Waals surface area contributed by atoms with Crippen molar-refractivity contribution in [3.63, 3.8) is 0 Å². The molecule has 2 N–H and O–H groups in total. The molecule has 1 amide bonds. The fourth-order valence-corrected chi connectivity index (χ4v) is 3.77. The van der Waals surface area contributed by atoms with Gasteiger partial charge >= 0.3 is 0 Å². The van der Waals surface area contributed by atoms with Crippen LogP contribution < -0.4 is 10.0 Å². The van der Waals surface area contributed by atoms with Crippen molar-refractivity contribution in [1.82, 2.24) is 9.78 Å². The number of amides is 1. The van der Waals surface area contributed by atoms with Crippen molar-refractivity contribution in [1.29, 1.82) is 0 Å². The molecule has 0 fully saturated rings. The number of benzene rings is 2. The lowest BCUT2D eigenvalue weighted by molar-refractivity contribution is 0.102. The lowest BCUT2D eigenvalue weighted by Crippen LogP contribution is -2.16. The summed E-state index contributed by atoms with van der Waals surface area (Å²) in [5.74, 6) is 0.227. The SMILES string of the molecule is Cc1cc(NC(=O)c2ccc(S(=O)(=O)Nc3ccc(C)c(C)c3)cc2)n(C)n1. The molecule has 0 radical (unpaired) electrons. The molecule has 0 unspecified atom stereocenters. The summed E-state index contributed by atoms with van der Waals surface area (Å²) < 4.78 is 29.3. The van der Waals surface area contributed by atoms with Gasteiger partial charge in [-0.3, -0.25) is 14.2 Å². The average molecular weight is 398 g/mol. The van der Waals surface area contributed by atoms with E-state index >= 15 is 0 Å². The zero-order chi connectivity index (χ0) is 20.5. The molecule has 0 aliphatic rings. The molecule has 0 spiro atoms. The molecule has 1 aromatic heterocycles. The third-order valence-electron chi connectivity index (χ3n) is 4.43. The van der Waals surface area contributed by atoms with Crippen LogP contribution in [0, 0.1) is 20.8 Å². The standard InChI is InChI=1S/C20H22N4O3S/c1-13-5-8-17(11-14(13)2)23-28(26,27)18-9-6-16(7-10-18)20(25)21-19-12-15(3)22-24(19)4/h5-12,23H,1-4H3,(H,21,25). The summed E-state index contributed by atoms with van der Waals surface area (Å²) in [5, 5.41) is 6.92. The summed E-state index contributed by atoms with van der Waals surface area (Å²) in [6.45, 7) is 5.71. The minimum atomic E-state index is -3.74. The Kier molecular flexibility index (Phi) is 5.24. The third-order valence-corrected chi connectivity index (χ3v) is 5.83.